The normalized spacial score (nSPS) is 14.6. The predicted octanol–water partition coefficient (Wildman–Crippen LogP) is 3.74. The van der Waals surface area contributed by atoms with Gasteiger partial charge in [0.05, 0.1) is 9.79 Å². The summed E-state index contributed by atoms with van der Waals surface area (Å²) in [5.41, 5.74) is 0.941. The average Bonchev–Trinajstić information content (AvgIpc) is 2.48. The van der Waals surface area contributed by atoms with Crippen LogP contribution in [0.3, 0.4) is 0 Å². The van der Waals surface area contributed by atoms with Gasteiger partial charge in [-0.3, -0.25) is 0 Å². The molecule has 0 N–H and O–H groups in total. The monoisotopic (exact) mass is 335 g/mol. The Morgan fingerprint density at radius 3 is 2.00 bits per heavy atom. The number of nitrogens with zero attached hydrogens (tertiary/aromatic N) is 1. The van der Waals surface area contributed by atoms with Crippen molar-refractivity contribution in [3.8, 4) is 0 Å². The molecule has 0 aliphatic rings. The summed E-state index contributed by atoms with van der Waals surface area (Å²) in [5.74, 6) is 0. The highest BCUT2D eigenvalue weighted by molar-refractivity contribution is 8.05. The van der Waals surface area contributed by atoms with Gasteiger partial charge in [0.2, 0.25) is 0 Å². The lowest BCUT2D eigenvalue weighted by atomic mass is 10.2. The Balaban J connectivity index is 2.65. The molecule has 0 amide bonds. The van der Waals surface area contributed by atoms with E-state index in [0.717, 1.165) is 5.56 Å². The van der Waals surface area contributed by atoms with Crippen LogP contribution in [0, 0.1) is 6.92 Å². The highest BCUT2D eigenvalue weighted by Crippen LogP contribution is 2.21. The van der Waals surface area contributed by atoms with E-state index in [0.29, 0.717) is 4.90 Å². The SMILES string of the molecule is C/C=C/[S@@](=O)(=NS(=O)(=O)c1ccc(C)cc1)c1ccccc1. The molecule has 116 valence electrons. The molecule has 2 aromatic rings. The maximum absolute atomic E-state index is 13.0. The predicted molar refractivity (Wildman–Crippen MR) is 88.5 cm³/mol. The van der Waals surface area contributed by atoms with Crippen molar-refractivity contribution >= 4 is 19.8 Å². The number of allylic oxidation sites excluding steroid dienone is 1. The Hall–Kier alpha value is -1.92. The molecule has 2 aromatic carbocycles. The Kier molecular flexibility index (Phi) is 4.83. The van der Waals surface area contributed by atoms with Crippen LogP contribution in [0.2, 0.25) is 0 Å². The van der Waals surface area contributed by atoms with Crippen molar-refractivity contribution in [2.24, 2.45) is 3.77 Å². The van der Waals surface area contributed by atoms with Crippen LogP contribution in [-0.4, -0.2) is 12.6 Å². The van der Waals surface area contributed by atoms with Crippen molar-refractivity contribution in [1.82, 2.24) is 0 Å². The molecule has 0 aromatic heterocycles. The molecule has 0 aliphatic carbocycles. The highest BCUT2D eigenvalue weighted by atomic mass is 32.3. The lowest BCUT2D eigenvalue weighted by Crippen LogP contribution is -2.04. The van der Waals surface area contributed by atoms with Crippen LogP contribution in [0.5, 0.6) is 0 Å². The van der Waals surface area contributed by atoms with E-state index in [4.69, 9.17) is 0 Å². The fourth-order valence-electron chi connectivity index (χ4n) is 1.85. The van der Waals surface area contributed by atoms with Gasteiger partial charge in [-0.2, -0.15) is 8.42 Å². The first-order valence-corrected chi connectivity index (χ1v) is 9.67. The Labute approximate surface area is 131 Å². The summed E-state index contributed by atoms with van der Waals surface area (Å²) in [6, 6.07) is 14.7. The molecular formula is C16H17NO3S2. The number of aryl methyl sites for hydroxylation is 1. The highest BCUT2D eigenvalue weighted by Gasteiger charge is 2.18. The minimum atomic E-state index is -4.01. The molecule has 0 spiro atoms. The molecule has 0 unspecified atom stereocenters. The van der Waals surface area contributed by atoms with Gasteiger partial charge < -0.3 is 0 Å². The summed E-state index contributed by atoms with van der Waals surface area (Å²) >= 11 is 0. The Bertz CT molecular complexity index is 890. The fraction of sp³-hybridized carbons (Fsp3) is 0.125. The summed E-state index contributed by atoms with van der Waals surface area (Å²) in [6.45, 7) is 3.54. The van der Waals surface area contributed by atoms with Gasteiger partial charge in [0, 0.05) is 5.41 Å². The molecule has 1 atom stereocenters. The van der Waals surface area contributed by atoms with Crippen molar-refractivity contribution in [2.75, 3.05) is 0 Å². The zero-order chi connectivity index (χ0) is 16.2. The fourth-order valence-corrected chi connectivity index (χ4v) is 5.45. The summed E-state index contributed by atoms with van der Waals surface area (Å²) < 4.78 is 41.6. The molecule has 0 aliphatic heterocycles. The van der Waals surface area contributed by atoms with Gasteiger partial charge in [-0.05, 0) is 38.1 Å². The molecular weight excluding hydrogens is 318 g/mol. The van der Waals surface area contributed by atoms with E-state index in [2.05, 4.69) is 3.77 Å². The van der Waals surface area contributed by atoms with Crippen molar-refractivity contribution in [3.63, 3.8) is 0 Å². The Morgan fingerprint density at radius 2 is 1.45 bits per heavy atom. The Morgan fingerprint density at radius 1 is 0.864 bits per heavy atom. The lowest BCUT2D eigenvalue weighted by Gasteiger charge is -2.06. The standard InChI is InChI=1S/C16H17NO3S2/c1-3-13-21(18,15-7-5-4-6-8-15)17-22(19,20)16-11-9-14(2)10-12-16/h3-13H,1-2H3/b13-3+/t21-/m0/s1. The van der Waals surface area contributed by atoms with Crippen molar-refractivity contribution in [2.45, 2.75) is 23.6 Å². The van der Waals surface area contributed by atoms with Crippen molar-refractivity contribution < 1.29 is 12.6 Å². The van der Waals surface area contributed by atoms with Gasteiger partial charge >= 0.3 is 0 Å². The molecule has 0 bridgehead atoms. The third-order valence-electron chi connectivity index (χ3n) is 2.93. The van der Waals surface area contributed by atoms with Crippen LogP contribution in [0.15, 0.2) is 79.6 Å². The van der Waals surface area contributed by atoms with Gasteiger partial charge in [-0.1, -0.05) is 45.7 Å². The summed E-state index contributed by atoms with van der Waals surface area (Å²) in [6.07, 6.45) is 1.55. The maximum atomic E-state index is 13.0. The molecule has 4 nitrogen and oxygen atoms in total. The molecule has 0 saturated carbocycles. The van der Waals surface area contributed by atoms with E-state index in [1.54, 1.807) is 55.5 Å². The molecule has 22 heavy (non-hydrogen) atoms. The van der Waals surface area contributed by atoms with Gasteiger partial charge in [0.25, 0.3) is 10.0 Å². The lowest BCUT2D eigenvalue weighted by molar-refractivity contribution is 0.598. The first-order valence-electron chi connectivity index (χ1n) is 6.65. The second-order valence-electron chi connectivity index (χ2n) is 4.71. The number of hydrogen-bond donors (Lipinski definition) is 0. The maximum Gasteiger partial charge on any atom is 0.290 e. The van der Waals surface area contributed by atoms with Crippen LogP contribution < -0.4 is 0 Å². The van der Waals surface area contributed by atoms with Crippen LogP contribution in [-0.2, 0) is 19.8 Å². The summed E-state index contributed by atoms with van der Waals surface area (Å²) in [4.78, 5) is 0.398. The van der Waals surface area contributed by atoms with Gasteiger partial charge in [-0.25, -0.2) is 4.21 Å². The third-order valence-corrected chi connectivity index (χ3v) is 7.06. The third kappa shape index (κ3) is 3.64. The summed E-state index contributed by atoms with van der Waals surface area (Å²) in [5, 5.41) is 1.33. The van der Waals surface area contributed by atoms with E-state index < -0.39 is 19.8 Å². The zero-order valence-corrected chi connectivity index (χ0v) is 14.0. The van der Waals surface area contributed by atoms with E-state index in [1.165, 1.54) is 17.5 Å². The number of sulfonamides is 1. The van der Waals surface area contributed by atoms with Crippen molar-refractivity contribution in [3.05, 3.63) is 71.6 Å². The first kappa shape index (κ1) is 16.5. The minimum Gasteiger partial charge on any atom is -0.239 e. The topological polar surface area (TPSA) is 63.6 Å². The van der Waals surface area contributed by atoms with Crippen LogP contribution in [0.1, 0.15) is 12.5 Å². The first-order chi connectivity index (χ1) is 10.4. The number of rotatable bonds is 4. The van der Waals surface area contributed by atoms with Gasteiger partial charge in [-0.15, -0.1) is 0 Å². The zero-order valence-electron chi connectivity index (χ0n) is 12.3. The van der Waals surface area contributed by atoms with Crippen molar-refractivity contribution in [1.29, 1.82) is 0 Å². The number of hydrogen-bond acceptors (Lipinski definition) is 3. The molecule has 0 radical (unpaired) electrons. The van der Waals surface area contributed by atoms with E-state index in [-0.39, 0.29) is 4.90 Å². The van der Waals surface area contributed by atoms with Crippen LogP contribution >= 0.6 is 0 Å². The van der Waals surface area contributed by atoms with Crippen LogP contribution in [0.4, 0.5) is 0 Å². The van der Waals surface area contributed by atoms with E-state index >= 15 is 0 Å². The molecule has 0 saturated heterocycles. The van der Waals surface area contributed by atoms with E-state index in [1.807, 2.05) is 6.92 Å². The second kappa shape index (κ2) is 6.46. The smallest absolute Gasteiger partial charge is 0.239 e. The number of benzene rings is 2. The minimum absolute atomic E-state index is 0.0336. The van der Waals surface area contributed by atoms with E-state index in [9.17, 15) is 12.6 Å². The van der Waals surface area contributed by atoms with Gasteiger partial charge in [0.15, 0.2) is 0 Å². The quantitative estimate of drug-likeness (QED) is 0.855. The summed E-state index contributed by atoms with van der Waals surface area (Å²) in [7, 11) is -7.18. The largest absolute Gasteiger partial charge is 0.290 e. The molecule has 0 heterocycles. The van der Waals surface area contributed by atoms with Crippen LogP contribution in [0.25, 0.3) is 0 Å². The van der Waals surface area contributed by atoms with Gasteiger partial charge in [0.1, 0.15) is 9.73 Å². The molecule has 0 fully saturated rings. The molecule has 2 rings (SSSR count). The second-order valence-corrected chi connectivity index (χ2v) is 8.61. The molecule has 6 heteroatoms. The average molecular weight is 335 g/mol.